The van der Waals surface area contributed by atoms with Crippen molar-refractivity contribution in [3.8, 4) is 0 Å². The van der Waals surface area contributed by atoms with Gasteiger partial charge in [0.1, 0.15) is 12.6 Å². The highest BCUT2D eigenvalue weighted by atomic mass is 35.5. The fourth-order valence-electron chi connectivity index (χ4n) is 4.66. The number of nitrogens with one attached hydrogen (secondary N) is 1. The molecule has 0 aliphatic carbocycles. The molecule has 0 aliphatic heterocycles. The molecule has 0 fully saturated rings. The van der Waals surface area contributed by atoms with E-state index in [1.807, 2.05) is 74.5 Å². The van der Waals surface area contributed by atoms with Crippen LogP contribution < -0.4 is 9.62 Å². The molecule has 0 aromatic heterocycles. The second-order valence-electron chi connectivity index (χ2n) is 10.5. The van der Waals surface area contributed by atoms with Crippen LogP contribution in [-0.2, 0) is 32.6 Å². The fourth-order valence-corrected chi connectivity index (χ4v) is 6.38. The van der Waals surface area contributed by atoms with Gasteiger partial charge in [-0.05, 0) is 54.8 Å². The highest BCUT2D eigenvalue weighted by Gasteiger charge is 2.35. The van der Waals surface area contributed by atoms with E-state index >= 15 is 0 Å². The molecule has 1 N–H and O–H groups in total. The van der Waals surface area contributed by atoms with Crippen molar-refractivity contribution in [3.05, 3.63) is 130 Å². The van der Waals surface area contributed by atoms with Crippen molar-refractivity contribution < 1.29 is 18.0 Å². The van der Waals surface area contributed by atoms with Crippen molar-refractivity contribution in [2.45, 2.75) is 50.2 Å². The van der Waals surface area contributed by atoms with Crippen LogP contribution in [0, 0.1) is 0 Å². The first-order valence-corrected chi connectivity index (χ1v) is 16.5. The Hall–Kier alpha value is -3.85. The van der Waals surface area contributed by atoms with Crippen LogP contribution in [0.4, 0.5) is 5.69 Å². The number of halogens is 2. The van der Waals surface area contributed by atoms with Gasteiger partial charge in [0.15, 0.2) is 0 Å². The molecular formula is C34H35Cl2N3O4S. The second-order valence-corrected chi connectivity index (χ2v) is 13.1. The molecule has 0 unspecified atom stereocenters. The van der Waals surface area contributed by atoms with Gasteiger partial charge in [0.05, 0.1) is 20.6 Å². The molecule has 2 atom stereocenters. The Balaban J connectivity index is 1.80. The predicted molar refractivity (Wildman–Crippen MR) is 176 cm³/mol. The lowest BCUT2D eigenvalue weighted by Crippen LogP contribution is -2.54. The second kappa shape index (κ2) is 15.2. The zero-order valence-corrected chi connectivity index (χ0v) is 26.9. The zero-order valence-electron chi connectivity index (χ0n) is 24.6. The molecule has 7 nitrogen and oxygen atoms in total. The first-order valence-electron chi connectivity index (χ1n) is 14.3. The fraction of sp³-hybridized carbons (Fsp3) is 0.235. The Labute approximate surface area is 269 Å². The van der Waals surface area contributed by atoms with E-state index in [0.717, 1.165) is 15.4 Å². The summed E-state index contributed by atoms with van der Waals surface area (Å²) in [7, 11) is -4.23. The highest BCUT2D eigenvalue weighted by molar-refractivity contribution is 7.92. The molecule has 0 saturated heterocycles. The van der Waals surface area contributed by atoms with Gasteiger partial charge in [-0.15, -0.1) is 0 Å². The zero-order chi connectivity index (χ0) is 31.7. The van der Waals surface area contributed by atoms with Gasteiger partial charge in [-0.2, -0.15) is 0 Å². The largest absolute Gasteiger partial charge is 0.352 e. The maximum atomic E-state index is 14.4. The third-order valence-corrected chi connectivity index (χ3v) is 9.80. The average Bonchev–Trinajstić information content (AvgIpc) is 3.04. The Morgan fingerprint density at radius 2 is 1.36 bits per heavy atom. The summed E-state index contributed by atoms with van der Waals surface area (Å²) in [6.07, 6.45) is 0.941. The number of benzene rings is 4. The van der Waals surface area contributed by atoms with Gasteiger partial charge in [-0.25, -0.2) is 8.42 Å². The van der Waals surface area contributed by atoms with Crippen molar-refractivity contribution in [2.75, 3.05) is 10.8 Å². The monoisotopic (exact) mass is 651 g/mol. The molecule has 44 heavy (non-hydrogen) atoms. The van der Waals surface area contributed by atoms with E-state index in [9.17, 15) is 18.0 Å². The summed E-state index contributed by atoms with van der Waals surface area (Å²) in [5.74, 6) is -0.876. The number of rotatable bonds is 13. The number of hydrogen-bond acceptors (Lipinski definition) is 4. The standard InChI is InChI=1S/C34H35Cl2N3O4S/c1-3-25(2)37-34(41)32(21-26-13-7-4-8-14-26)38(23-27-15-9-5-10-16-27)33(40)24-39(28-19-20-30(35)31(36)22-28)44(42,43)29-17-11-6-12-18-29/h4-20,22,25,32H,3,21,23-24H2,1-2H3,(H,37,41)/t25-,32+/m0/s1. The lowest BCUT2D eigenvalue weighted by Gasteiger charge is -2.34. The molecule has 4 aromatic rings. The van der Waals surface area contributed by atoms with Gasteiger partial charge in [0.2, 0.25) is 11.8 Å². The first-order chi connectivity index (χ1) is 21.1. The van der Waals surface area contributed by atoms with Crippen molar-refractivity contribution >= 4 is 50.7 Å². The van der Waals surface area contributed by atoms with Crippen LogP contribution >= 0.6 is 23.2 Å². The summed E-state index contributed by atoms with van der Waals surface area (Å²) < 4.78 is 29.1. The summed E-state index contributed by atoms with van der Waals surface area (Å²) in [6.45, 7) is 3.38. The number of hydrogen-bond donors (Lipinski definition) is 1. The molecule has 0 bridgehead atoms. The Kier molecular flexibility index (Phi) is 11.4. The van der Waals surface area contributed by atoms with Crippen LogP contribution in [0.2, 0.25) is 10.0 Å². The van der Waals surface area contributed by atoms with E-state index in [0.29, 0.717) is 6.42 Å². The summed E-state index contributed by atoms with van der Waals surface area (Å²) in [5, 5.41) is 3.41. The Morgan fingerprint density at radius 3 is 1.93 bits per heavy atom. The van der Waals surface area contributed by atoms with Crippen LogP contribution in [0.5, 0.6) is 0 Å². The van der Waals surface area contributed by atoms with E-state index in [-0.39, 0.29) is 45.5 Å². The third-order valence-electron chi connectivity index (χ3n) is 7.27. The molecule has 230 valence electrons. The summed E-state index contributed by atoms with van der Waals surface area (Å²) in [6, 6.07) is 29.9. The van der Waals surface area contributed by atoms with Crippen LogP contribution in [-0.4, -0.2) is 43.8 Å². The third kappa shape index (κ3) is 8.40. The first kappa shape index (κ1) is 33.1. The van der Waals surface area contributed by atoms with Gasteiger partial charge < -0.3 is 10.2 Å². The molecule has 0 radical (unpaired) electrons. The van der Waals surface area contributed by atoms with Crippen molar-refractivity contribution in [2.24, 2.45) is 0 Å². The van der Waals surface area contributed by atoms with E-state index in [2.05, 4.69) is 5.32 Å². The molecule has 4 rings (SSSR count). The molecule has 0 saturated carbocycles. The topological polar surface area (TPSA) is 86.8 Å². The minimum atomic E-state index is -4.23. The molecule has 0 spiro atoms. The normalized spacial score (nSPS) is 12.6. The summed E-state index contributed by atoms with van der Waals surface area (Å²) in [4.78, 5) is 29.7. The summed E-state index contributed by atoms with van der Waals surface area (Å²) in [5.41, 5.74) is 1.82. The number of carbonyl (C=O) groups excluding carboxylic acids is 2. The smallest absolute Gasteiger partial charge is 0.264 e. The minimum absolute atomic E-state index is 0.00355. The van der Waals surface area contributed by atoms with E-state index < -0.39 is 28.5 Å². The average molecular weight is 653 g/mol. The molecule has 2 amide bonds. The Bertz CT molecular complexity index is 1660. The van der Waals surface area contributed by atoms with E-state index in [4.69, 9.17) is 23.2 Å². The number of nitrogens with zero attached hydrogens (tertiary/aromatic N) is 2. The van der Waals surface area contributed by atoms with Crippen LogP contribution in [0.15, 0.2) is 114 Å². The van der Waals surface area contributed by atoms with Gasteiger partial charge >= 0.3 is 0 Å². The van der Waals surface area contributed by atoms with Crippen molar-refractivity contribution in [1.82, 2.24) is 10.2 Å². The number of amides is 2. The molecule has 0 aliphatic rings. The van der Waals surface area contributed by atoms with Crippen molar-refractivity contribution in [3.63, 3.8) is 0 Å². The molecule has 0 heterocycles. The van der Waals surface area contributed by atoms with Crippen LogP contribution in [0.25, 0.3) is 0 Å². The van der Waals surface area contributed by atoms with Gasteiger partial charge in [-0.1, -0.05) is 109 Å². The van der Waals surface area contributed by atoms with Gasteiger partial charge in [0.25, 0.3) is 10.0 Å². The quantitative estimate of drug-likeness (QED) is 0.173. The predicted octanol–water partition coefficient (Wildman–Crippen LogP) is 6.74. The molecular weight excluding hydrogens is 617 g/mol. The van der Waals surface area contributed by atoms with Crippen LogP contribution in [0.3, 0.4) is 0 Å². The van der Waals surface area contributed by atoms with Crippen molar-refractivity contribution in [1.29, 1.82) is 0 Å². The number of anilines is 1. The lowest BCUT2D eigenvalue weighted by molar-refractivity contribution is -0.140. The number of carbonyl (C=O) groups is 2. The Morgan fingerprint density at radius 1 is 0.795 bits per heavy atom. The van der Waals surface area contributed by atoms with Crippen LogP contribution in [0.1, 0.15) is 31.4 Å². The maximum Gasteiger partial charge on any atom is 0.264 e. The maximum absolute atomic E-state index is 14.4. The van der Waals surface area contributed by atoms with E-state index in [1.165, 1.54) is 35.2 Å². The van der Waals surface area contributed by atoms with E-state index in [1.54, 1.807) is 18.2 Å². The lowest BCUT2D eigenvalue weighted by atomic mass is 10.0. The SMILES string of the molecule is CC[C@H](C)NC(=O)[C@@H](Cc1ccccc1)N(Cc1ccccc1)C(=O)CN(c1ccc(Cl)c(Cl)c1)S(=O)(=O)c1ccccc1. The van der Waals surface area contributed by atoms with Gasteiger partial charge in [-0.3, -0.25) is 13.9 Å². The van der Waals surface area contributed by atoms with Gasteiger partial charge in [0, 0.05) is 19.0 Å². The minimum Gasteiger partial charge on any atom is -0.352 e. The number of sulfonamides is 1. The highest BCUT2D eigenvalue weighted by Crippen LogP contribution is 2.31. The summed E-state index contributed by atoms with van der Waals surface area (Å²) >= 11 is 12.5. The molecule has 4 aromatic carbocycles. The molecule has 10 heteroatoms.